The molecule has 146 valence electrons. The molecular formula is C25H17NO4. The average molecular weight is 395 g/mol. The zero-order valence-electron chi connectivity index (χ0n) is 15.9. The SMILES string of the molecule is O=C1OC(/C=C/c2ccccc2)=NC/1=C/c1ccccc1OC(=O)c1ccccc1. The van der Waals surface area contributed by atoms with Gasteiger partial charge in [0, 0.05) is 11.6 Å². The van der Waals surface area contributed by atoms with Crippen LogP contribution in [0.25, 0.3) is 12.2 Å². The van der Waals surface area contributed by atoms with Gasteiger partial charge in [-0.3, -0.25) is 0 Å². The summed E-state index contributed by atoms with van der Waals surface area (Å²) in [4.78, 5) is 28.8. The second-order valence-corrected chi connectivity index (χ2v) is 6.41. The number of para-hydroxylation sites is 1. The van der Waals surface area contributed by atoms with E-state index < -0.39 is 11.9 Å². The van der Waals surface area contributed by atoms with Crippen LogP contribution in [-0.2, 0) is 9.53 Å². The quantitative estimate of drug-likeness (QED) is 0.350. The minimum atomic E-state index is -0.563. The summed E-state index contributed by atoms with van der Waals surface area (Å²) in [6, 6.07) is 25.3. The van der Waals surface area contributed by atoms with Crippen LogP contribution in [0.5, 0.6) is 5.75 Å². The van der Waals surface area contributed by atoms with Crippen molar-refractivity contribution in [3.05, 3.63) is 113 Å². The fraction of sp³-hybridized carbons (Fsp3) is 0. The maximum Gasteiger partial charge on any atom is 0.363 e. The van der Waals surface area contributed by atoms with E-state index in [9.17, 15) is 9.59 Å². The van der Waals surface area contributed by atoms with Crippen LogP contribution >= 0.6 is 0 Å². The second-order valence-electron chi connectivity index (χ2n) is 6.41. The molecule has 3 aromatic carbocycles. The second kappa shape index (κ2) is 8.84. The Morgan fingerprint density at radius 1 is 0.833 bits per heavy atom. The number of rotatable bonds is 5. The summed E-state index contributed by atoms with van der Waals surface area (Å²) < 4.78 is 10.7. The molecular weight excluding hydrogens is 378 g/mol. The van der Waals surface area contributed by atoms with Gasteiger partial charge in [-0.15, -0.1) is 0 Å². The molecule has 4 rings (SSSR count). The Balaban J connectivity index is 1.56. The Hall–Kier alpha value is -4.25. The first-order valence-electron chi connectivity index (χ1n) is 9.31. The Labute approximate surface area is 173 Å². The molecule has 0 aromatic heterocycles. The lowest BCUT2D eigenvalue weighted by atomic mass is 10.1. The van der Waals surface area contributed by atoms with E-state index in [1.165, 1.54) is 0 Å². The van der Waals surface area contributed by atoms with Crippen LogP contribution in [0.1, 0.15) is 21.5 Å². The largest absolute Gasteiger partial charge is 0.422 e. The zero-order chi connectivity index (χ0) is 20.8. The van der Waals surface area contributed by atoms with Crippen LogP contribution in [0.15, 0.2) is 102 Å². The summed E-state index contributed by atoms with van der Waals surface area (Å²) in [5.41, 5.74) is 2.08. The van der Waals surface area contributed by atoms with Crippen molar-refractivity contribution in [3.63, 3.8) is 0 Å². The first-order valence-corrected chi connectivity index (χ1v) is 9.31. The molecule has 1 heterocycles. The molecule has 0 N–H and O–H groups in total. The highest BCUT2D eigenvalue weighted by Crippen LogP contribution is 2.24. The molecule has 0 saturated carbocycles. The van der Waals surface area contributed by atoms with Crippen molar-refractivity contribution in [1.29, 1.82) is 0 Å². The molecule has 1 aliphatic rings. The standard InChI is InChI=1S/C25H17NO4/c27-24(19-11-5-2-6-12-19)29-22-14-8-7-13-20(22)17-21-25(28)30-23(26-21)16-15-18-9-3-1-4-10-18/h1-17H/b16-15+,21-17+. The lowest BCUT2D eigenvalue weighted by Crippen LogP contribution is -2.09. The first-order chi connectivity index (χ1) is 14.7. The minimum absolute atomic E-state index is 0.130. The van der Waals surface area contributed by atoms with E-state index in [1.54, 1.807) is 60.7 Å². The molecule has 0 unspecified atom stereocenters. The van der Waals surface area contributed by atoms with Crippen molar-refractivity contribution in [2.24, 2.45) is 4.99 Å². The van der Waals surface area contributed by atoms with Gasteiger partial charge in [0.1, 0.15) is 5.75 Å². The highest BCUT2D eigenvalue weighted by Gasteiger charge is 2.22. The molecule has 0 saturated heterocycles. The van der Waals surface area contributed by atoms with Gasteiger partial charge in [0.15, 0.2) is 5.70 Å². The van der Waals surface area contributed by atoms with E-state index in [4.69, 9.17) is 9.47 Å². The summed E-state index contributed by atoms with van der Waals surface area (Å²) in [5, 5.41) is 0. The molecule has 0 atom stereocenters. The summed E-state index contributed by atoms with van der Waals surface area (Å²) in [6.07, 6.45) is 4.99. The summed E-state index contributed by atoms with van der Waals surface area (Å²) in [7, 11) is 0. The molecule has 0 fully saturated rings. The van der Waals surface area contributed by atoms with Crippen LogP contribution in [-0.4, -0.2) is 17.8 Å². The van der Waals surface area contributed by atoms with Crippen molar-refractivity contribution in [1.82, 2.24) is 0 Å². The van der Waals surface area contributed by atoms with Gasteiger partial charge >= 0.3 is 11.9 Å². The van der Waals surface area contributed by atoms with Gasteiger partial charge in [-0.1, -0.05) is 66.7 Å². The predicted molar refractivity (Wildman–Crippen MR) is 115 cm³/mol. The highest BCUT2D eigenvalue weighted by atomic mass is 16.6. The Kier molecular flexibility index (Phi) is 5.62. The third kappa shape index (κ3) is 4.59. The maximum atomic E-state index is 12.4. The molecule has 0 radical (unpaired) electrons. The van der Waals surface area contributed by atoms with Gasteiger partial charge in [-0.2, -0.15) is 0 Å². The van der Waals surface area contributed by atoms with Crippen LogP contribution in [0, 0.1) is 0 Å². The van der Waals surface area contributed by atoms with Crippen LogP contribution in [0.3, 0.4) is 0 Å². The molecule has 0 spiro atoms. The van der Waals surface area contributed by atoms with E-state index in [2.05, 4.69) is 4.99 Å². The van der Waals surface area contributed by atoms with E-state index >= 15 is 0 Å². The third-order valence-corrected chi connectivity index (χ3v) is 4.28. The Morgan fingerprint density at radius 2 is 1.50 bits per heavy atom. The number of hydrogen-bond acceptors (Lipinski definition) is 5. The predicted octanol–water partition coefficient (Wildman–Crippen LogP) is 4.92. The van der Waals surface area contributed by atoms with Crippen LogP contribution in [0.4, 0.5) is 0 Å². The summed E-state index contributed by atoms with van der Waals surface area (Å²) >= 11 is 0. The number of hydrogen-bond donors (Lipinski definition) is 0. The monoisotopic (exact) mass is 395 g/mol. The van der Waals surface area contributed by atoms with E-state index in [-0.39, 0.29) is 11.6 Å². The smallest absolute Gasteiger partial charge is 0.363 e. The number of benzene rings is 3. The molecule has 3 aromatic rings. The van der Waals surface area contributed by atoms with Crippen molar-refractivity contribution >= 4 is 30.0 Å². The highest BCUT2D eigenvalue weighted by molar-refractivity contribution is 6.11. The molecule has 0 amide bonds. The van der Waals surface area contributed by atoms with Gasteiger partial charge in [0.05, 0.1) is 5.56 Å². The van der Waals surface area contributed by atoms with Gasteiger partial charge in [0.25, 0.3) is 0 Å². The van der Waals surface area contributed by atoms with Gasteiger partial charge < -0.3 is 9.47 Å². The van der Waals surface area contributed by atoms with Crippen molar-refractivity contribution in [3.8, 4) is 5.75 Å². The molecule has 5 heteroatoms. The topological polar surface area (TPSA) is 65.0 Å². The minimum Gasteiger partial charge on any atom is -0.422 e. The first kappa shape index (κ1) is 19.1. The number of esters is 2. The number of carbonyl (C=O) groups is 2. The van der Waals surface area contributed by atoms with E-state index in [0.29, 0.717) is 16.9 Å². The fourth-order valence-corrected chi connectivity index (χ4v) is 2.80. The van der Waals surface area contributed by atoms with Gasteiger partial charge in [-0.25, -0.2) is 14.6 Å². The molecule has 30 heavy (non-hydrogen) atoms. The Morgan fingerprint density at radius 3 is 2.27 bits per heavy atom. The lowest BCUT2D eigenvalue weighted by Gasteiger charge is -2.07. The van der Waals surface area contributed by atoms with Crippen molar-refractivity contribution < 1.29 is 19.1 Å². The van der Waals surface area contributed by atoms with Crippen LogP contribution < -0.4 is 4.74 Å². The number of aliphatic imine (C=N–C) groups is 1. The van der Waals surface area contributed by atoms with E-state index in [1.807, 2.05) is 42.5 Å². The van der Waals surface area contributed by atoms with Crippen LogP contribution in [0.2, 0.25) is 0 Å². The number of carbonyl (C=O) groups excluding carboxylic acids is 2. The van der Waals surface area contributed by atoms with Gasteiger partial charge in [-0.05, 0) is 35.9 Å². The average Bonchev–Trinajstić information content (AvgIpc) is 3.14. The molecule has 5 nitrogen and oxygen atoms in total. The fourth-order valence-electron chi connectivity index (χ4n) is 2.80. The maximum absolute atomic E-state index is 12.4. The van der Waals surface area contributed by atoms with Gasteiger partial charge in [0.2, 0.25) is 5.90 Å². The zero-order valence-corrected chi connectivity index (χ0v) is 15.9. The molecule has 0 bridgehead atoms. The lowest BCUT2D eigenvalue weighted by molar-refractivity contribution is -0.129. The number of cyclic esters (lactones) is 1. The third-order valence-electron chi connectivity index (χ3n) is 4.28. The normalized spacial score (nSPS) is 14.6. The number of ether oxygens (including phenoxy) is 2. The summed E-state index contributed by atoms with van der Waals surface area (Å²) in [6.45, 7) is 0. The number of nitrogens with zero attached hydrogens (tertiary/aromatic N) is 1. The van der Waals surface area contributed by atoms with E-state index in [0.717, 1.165) is 5.56 Å². The molecule has 1 aliphatic heterocycles. The summed E-state index contributed by atoms with van der Waals surface area (Å²) in [5.74, 6) is -0.513. The van der Waals surface area contributed by atoms with Crippen molar-refractivity contribution in [2.45, 2.75) is 0 Å². The molecule has 0 aliphatic carbocycles. The van der Waals surface area contributed by atoms with Crippen molar-refractivity contribution in [2.75, 3.05) is 0 Å². The Bertz CT molecular complexity index is 1160.